The van der Waals surface area contributed by atoms with Crippen LogP contribution in [0.1, 0.15) is 52.2 Å². The van der Waals surface area contributed by atoms with Crippen molar-refractivity contribution in [3.05, 3.63) is 51.9 Å². The molecule has 1 saturated heterocycles. The maximum Gasteiger partial charge on any atom is 0.257 e. The zero-order chi connectivity index (χ0) is 19.8. The second kappa shape index (κ2) is 7.68. The molecule has 2 unspecified atom stereocenters. The zero-order valence-corrected chi connectivity index (χ0v) is 17.3. The molecule has 1 N–H and O–H groups in total. The summed E-state index contributed by atoms with van der Waals surface area (Å²) in [6, 6.07) is 10.0. The second-order valence-corrected chi connectivity index (χ2v) is 9.03. The monoisotopic (exact) mass is 398 g/mol. The molecule has 6 heteroatoms. The van der Waals surface area contributed by atoms with Gasteiger partial charge >= 0.3 is 0 Å². The Bertz CT molecular complexity index is 889. The fourth-order valence-corrected chi connectivity index (χ4v) is 4.71. The van der Waals surface area contributed by atoms with Crippen LogP contribution in [0, 0.1) is 19.8 Å². The third-order valence-corrected chi connectivity index (χ3v) is 6.63. The van der Waals surface area contributed by atoms with Gasteiger partial charge in [0.1, 0.15) is 11.1 Å². The van der Waals surface area contributed by atoms with E-state index >= 15 is 0 Å². The smallest absolute Gasteiger partial charge is 0.257 e. The number of thiophene rings is 1. The number of carbonyl (C=O) groups is 2. The number of hydrogen-bond acceptors (Lipinski definition) is 4. The topological polar surface area (TPSA) is 58.6 Å². The Morgan fingerprint density at radius 3 is 2.54 bits per heavy atom. The van der Waals surface area contributed by atoms with Gasteiger partial charge in [0.05, 0.1) is 18.2 Å². The van der Waals surface area contributed by atoms with Gasteiger partial charge in [-0.1, -0.05) is 30.3 Å². The van der Waals surface area contributed by atoms with Gasteiger partial charge < -0.3 is 15.0 Å². The van der Waals surface area contributed by atoms with Gasteiger partial charge in [0, 0.05) is 17.3 Å². The molecule has 1 aromatic heterocycles. The van der Waals surface area contributed by atoms with Gasteiger partial charge in [0.15, 0.2) is 0 Å². The average Bonchev–Trinajstić information content (AvgIpc) is 3.49. The molecular formula is C22H26N2O3S. The van der Waals surface area contributed by atoms with E-state index in [1.165, 1.54) is 11.3 Å². The summed E-state index contributed by atoms with van der Waals surface area (Å²) in [5.41, 5.74) is 2.67. The SMILES string of the molecule is Cc1sc(NC(=O)C2CC2)c(C(=O)N2CC(C)OC(c3ccccc3)C2)c1C. The molecule has 2 aliphatic rings. The number of carbonyl (C=O) groups excluding carboxylic acids is 2. The molecule has 0 bridgehead atoms. The van der Waals surface area contributed by atoms with E-state index in [9.17, 15) is 9.59 Å². The molecule has 2 heterocycles. The summed E-state index contributed by atoms with van der Waals surface area (Å²) < 4.78 is 6.10. The van der Waals surface area contributed by atoms with Crippen molar-refractivity contribution in [1.82, 2.24) is 4.90 Å². The fourth-order valence-electron chi connectivity index (χ4n) is 3.66. The van der Waals surface area contributed by atoms with Gasteiger partial charge in [0.25, 0.3) is 5.91 Å². The van der Waals surface area contributed by atoms with Gasteiger partial charge in [-0.3, -0.25) is 9.59 Å². The first-order valence-corrected chi connectivity index (χ1v) is 10.7. The largest absolute Gasteiger partial charge is 0.367 e. The van der Waals surface area contributed by atoms with Crippen LogP contribution in [0.25, 0.3) is 0 Å². The van der Waals surface area contributed by atoms with Crippen LogP contribution in [0.4, 0.5) is 5.00 Å². The molecule has 1 aromatic carbocycles. The van der Waals surface area contributed by atoms with E-state index in [-0.39, 0.29) is 29.9 Å². The first kappa shape index (κ1) is 19.2. The normalized spacial score (nSPS) is 22.2. The lowest BCUT2D eigenvalue weighted by molar-refractivity contribution is -0.117. The van der Waals surface area contributed by atoms with Crippen molar-refractivity contribution in [2.45, 2.75) is 45.8 Å². The number of aryl methyl sites for hydroxylation is 1. The second-order valence-electron chi connectivity index (χ2n) is 7.81. The molecular weight excluding hydrogens is 372 g/mol. The van der Waals surface area contributed by atoms with Gasteiger partial charge in [-0.25, -0.2) is 0 Å². The first-order chi connectivity index (χ1) is 13.4. The van der Waals surface area contributed by atoms with Crippen LogP contribution in [-0.2, 0) is 9.53 Å². The summed E-state index contributed by atoms with van der Waals surface area (Å²) in [4.78, 5) is 28.7. The number of anilines is 1. The lowest BCUT2D eigenvalue weighted by atomic mass is 10.0. The molecule has 2 amide bonds. The number of rotatable bonds is 4. The molecule has 1 aliphatic carbocycles. The first-order valence-electron chi connectivity index (χ1n) is 9.84. The molecule has 0 radical (unpaired) electrons. The zero-order valence-electron chi connectivity index (χ0n) is 16.5. The number of nitrogens with zero attached hydrogens (tertiary/aromatic N) is 1. The summed E-state index contributed by atoms with van der Waals surface area (Å²) in [6.07, 6.45) is 1.70. The molecule has 2 aromatic rings. The summed E-state index contributed by atoms with van der Waals surface area (Å²) in [5, 5.41) is 3.70. The van der Waals surface area contributed by atoms with Gasteiger partial charge in [-0.05, 0) is 44.7 Å². The quantitative estimate of drug-likeness (QED) is 0.835. The summed E-state index contributed by atoms with van der Waals surface area (Å²) in [5.74, 6) is 0.119. The van der Waals surface area contributed by atoms with E-state index in [1.807, 2.05) is 56.0 Å². The highest BCUT2D eigenvalue weighted by Gasteiger charge is 2.34. The molecule has 1 aliphatic heterocycles. The third-order valence-electron chi connectivity index (χ3n) is 5.50. The molecule has 0 spiro atoms. The minimum absolute atomic E-state index is 0.0240. The number of benzene rings is 1. The Labute approximate surface area is 169 Å². The van der Waals surface area contributed by atoms with Crippen LogP contribution in [0.15, 0.2) is 30.3 Å². The van der Waals surface area contributed by atoms with Gasteiger partial charge in [-0.15, -0.1) is 11.3 Å². The number of amides is 2. The highest BCUT2D eigenvalue weighted by molar-refractivity contribution is 7.16. The van der Waals surface area contributed by atoms with Crippen LogP contribution in [-0.4, -0.2) is 35.9 Å². The van der Waals surface area contributed by atoms with Crippen molar-refractivity contribution in [3.8, 4) is 0 Å². The maximum atomic E-state index is 13.5. The molecule has 2 fully saturated rings. The predicted molar refractivity (Wildman–Crippen MR) is 111 cm³/mol. The molecule has 28 heavy (non-hydrogen) atoms. The van der Waals surface area contributed by atoms with Crippen molar-refractivity contribution in [2.24, 2.45) is 5.92 Å². The number of ether oxygens (including phenoxy) is 1. The Kier molecular flexibility index (Phi) is 5.25. The highest BCUT2D eigenvalue weighted by Crippen LogP contribution is 2.37. The van der Waals surface area contributed by atoms with E-state index < -0.39 is 0 Å². The van der Waals surface area contributed by atoms with Gasteiger partial charge in [-0.2, -0.15) is 0 Å². The van der Waals surface area contributed by atoms with Crippen LogP contribution in [0.2, 0.25) is 0 Å². The molecule has 2 atom stereocenters. The van der Waals surface area contributed by atoms with E-state index in [1.54, 1.807) is 0 Å². The van der Waals surface area contributed by atoms with Crippen molar-refractivity contribution in [3.63, 3.8) is 0 Å². The Hall–Kier alpha value is -2.18. The molecule has 4 rings (SSSR count). The van der Waals surface area contributed by atoms with Crippen LogP contribution >= 0.6 is 11.3 Å². The maximum absolute atomic E-state index is 13.5. The summed E-state index contributed by atoms with van der Waals surface area (Å²) in [6.45, 7) is 7.02. The summed E-state index contributed by atoms with van der Waals surface area (Å²) >= 11 is 1.49. The average molecular weight is 399 g/mol. The van der Waals surface area contributed by atoms with Crippen molar-refractivity contribution < 1.29 is 14.3 Å². The Balaban J connectivity index is 1.58. The number of hydrogen-bond donors (Lipinski definition) is 1. The van der Waals surface area contributed by atoms with Crippen molar-refractivity contribution >= 4 is 28.2 Å². The van der Waals surface area contributed by atoms with E-state index in [2.05, 4.69) is 5.32 Å². The highest BCUT2D eigenvalue weighted by atomic mass is 32.1. The van der Waals surface area contributed by atoms with Crippen LogP contribution in [0.3, 0.4) is 0 Å². The summed E-state index contributed by atoms with van der Waals surface area (Å²) in [7, 11) is 0. The Morgan fingerprint density at radius 1 is 1.14 bits per heavy atom. The van der Waals surface area contributed by atoms with Gasteiger partial charge in [0.2, 0.25) is 5.91 Å². The van der Waals surface area contributed by atoms with E-state index in [0.717, 1.165) is 28.8 Å². The minimum Gasteiger partial charge on any atom is -0.367 e. The third kappa shape index (κ3) is 3.84. The Morgan fingerprint density at radius 2 is 1.86 bits per heavy atom. The number of nitrogens with one attached hydrogen (secondary N) is 1. The van der Waals surface area contributed by atoms with Crippen LogP contribution < -0.4 is 5.32 Å². The van der Waals surface area contributed by atoms with Crippen LogP contribution in [0.5, 0.6) is 0 Å². The van der Waals surface area contributed by atoms with Crippen molar-refractivity contribution in [1.29, 1.82) is 0 Å². The predicted octanol–water partition coefficient (Wildman–Crippen LogP) is 4.32. The van der Waals surface area contributed by atoms with E-state index in [0.29, 0.717) is 23.7 Å². The molecule has 1 saturated carbocycles. The molecule has 148 valence electrons. The van der Waals surface area contributed by atoms with Crippen molar-refractivity contribution in [2.75, 3.05) is 18.4 Å². The fraction of sp³-hybridized carbons (Fsp3) is 0.455. The van der Waals surface area contributed by atoms with E-state index in [4.69, 9.17) is 4.74 Å². The lowest BCUT2D eigenvalue weighted by Crippen LogP contribution is -2.46. The lowest BCUT2D eigenvalue weighted by Gasteiger charge is -2.37. The molecule has 5 nitrogen and oxygen atoms in total. The number of morpholine rings is 1. The standard InChI is InChI=1S/C22H26N2O3S/c1-13-11-24(12-18(27-13)16-7-5-4-6-8-16)22(26)19-14(2)15(3)28-21(19)23-20(25)17-9-10-17/h4-8,13,17-18H,9-12H2,1-3H3,(H,23,25). The minimum atomic E-state index is -0.140.